The van der Waals surface area contributed by atoms with Crippen LogP contribution in [0.25, 0.3) is 0 Å². The van der Waals surface area contributed by atoms with Crippen molar-refractivity contribution in [1.29, 1.82) is 0 Å². The number of urea groups is 1. The first-order valence-electron chi connectivity index (χ1n) is 5.57. The van der Waals surface area contributed by atoms with Crippen molar-refractivity contribution in [2.24, 2.45) is 9.50 Å². The average Bonchev–Trinajstić information content (AvgIpc) is 2.79. The molecule has 1 aromatic heterocycles. The van der Waals surface area contributed by atoms with Crippen LogP contribution >= 0.6 is 11.3 Å². The number of methoxy groups -OCH3 is 1. The van der Waals surface area contributed by atoms with E-state index in [9.17, 15) is 9.00 Å². The minimum absolute atomic E-state index is 0.249. The summed E-state index contributed by atoms with van der Waals surface area (Å²) in [5.41, 5.74) is -0.607. The molecule has 0 aromatic carbocycles. The fourth-order valence-corrected chi connectivity index (χ4v) is 3.27. The van der Waals surface area contributed by atoms with Crippen molar-refractivity contribution in [1.82, 2.24) is 10.3 Å². The minimum Gasteiger partial charge on any atom is -0.372 e. The van der Waals surface area contributed by atoms with E-state index in [4.69, 9.17) is 9.88 Å². The van der Waals surface area contributed by atoms with Crippen LogP contribution in [-0.2, 0) is 20.3 Å². The van der Waals surface area contributed by atoms with Crippen LogP contribution in [0.5, 0.6) is 0 Å². The van der Waals surface area contributed by atoms with Crippen LogP contribution in [0.1, 0.15) is 25.8 Å². The monoisotopic (exact) mass is 306 g/mol. The highest BCUT2D eigenvalue weighted by molar-refractivity contribution is 7.93. The van der Waals surface area contributed by atoms with Gasteiger partial charge in [-0.2, -0.15) is 0 Å². The number of carbonyl (C=O) groups is 1. The van der Waals surface area contributed by atoms with E-state index in [1.807, 2.05) is 13.8 Å². The Morgan fingerprint density at radius 3 is 2.84 bits per heavy atom. The summed E-state index contributed by atoms with van der Waals surface area (Å²) < 4.78 is 21.2. The molecular formula is C10H18N4O3S2. The first-order valence-corrected chi connectivity index (χ1v) is 7.96. The zero-order valence-corrected chi connectivity index (χ0v) is 12.9. The molecule has 2 amide bonds. The van der Waals surface area contributed by atoms with E-state index in [2.05, 4.69) is 14.7 Å². The van der Waals surface area contributed by atoms with Gasteiger partial charge in [0.2, 0.25) is 0 Å². The molecule has 0 aliphatic carbocycles. The second-order valence-electron chi connectivity index (χ2n) is 4.19. The molecule has 1 aromatic rings. The SMILES string of the molecule is CCNC(=O)N=S(N)(=O)c1cnc(C(C)(C)OC)s1. The van der Waals surface area contributed by atoms with E-state index in [0.29, 0.717) is 11.6 Å². The summed E-state index contributed by atoms with van der Waals surface area (Å²) in [6.45, 7) is 5.78. The third kappa shape index (κ3) is 3.96. The fraction of sp³-hybridized carbons (Fsp3) is 0.600. The molecule has 0 aliphatic rings. The van der Waals surface area contributed by atoms with Gasteiger partial charge in [0.15, 0.2) is 9.92 Å². The van der Waals surface area contributed by atoms with Crippen molar-refractivity contribution in [2.45, 2.75) is 30.6 Å². The number of carbonyl (C=O) groups excluding carboxylic acids is 1. The lowest BCUT2D eigenvalue weighted by Gasteiger charge is -2.19. The summed E-state index contributed by atoms with van der Waals surface area (Å²) in [6.07, 6.45) is 1.37. The molecule has 1 unspecified atom stereocenters. The van der Waals surface area contributed by atoms with Crippen LogP contribution < -0.4 is 10.5 Å². The maximum Gasteiger partial charge on any atom is 0.350 e. The number of nitrogens with two attached hydrogens (primary N) is 1. The highest BCUT2D eigenvalue weighted by Gasteiger charge is 2.25. The molecule has 1 atom stereocenters. The number of thiazole rings is 1. The first-order chi connectivity index (χ1) is 8.73. The fourth-order valence-electron chi connectivity index (χ4n) is 1.11. The molecule has 19 heavy (non-hydrogen) atoms. The van der Waals surface area contributed by atoms with Crippen LogP contribution in [0.3, 0.4) is 0 Å². The Labute approximate surface area is 116 Å². The van der Waals surface area contributed by atoms with Crippen LogP contribution in [0.2, 0.25) is 0 Å². The zero-order chi connectivity index (χ0) is 14.7. The molecule has 3 N–H and O–H groups in total. The standard InChI is InChI=1S/C10H18N4O3S2/c1-5-12-9(15)14-19(11,16)7-6-13-8(18-7)10(2,3)17-4/h6H,5H2,1-4H3,(H3,11,12,14,15,16). The summed E-state index contributed by atoms with van der Waals surface area (Å²) in [4.78, 5) is 15.4. The van der Waals surface area contributed by atoms with Gasteiger partial charge in [0.1, 0.15) is 14.8 Å². The van der Waals surface area contributed by atoms with E-state index in [-0.39, 0.29) is 4.21 Å². The lowest BCUT2D eigenvalue weighted by molar-refractivity contribution is 0.0190. The topological polar surface area (TPSA) is 107 Å². The summed E-state index contributed by atoms with van der Waals surface area (Å²) in [5, 5.41) is 8.63. The van der Waals surface area contributed by atoms with Gasteiger partial charge in [0.25, 0.3) is 0 Å². The average molecular weight is 306 g/mol. The van der Waals surface area contributed by atoms with Crippen LogP contribution in [0.4, 0.5) is 4.79 Å². The molecule has 0 spiro atoms. The number of amides is 2. The predicted molar refractivity (Wildman–Crippen MR) is 74.2 cm³/mol. The van der Waals surface area contributed by atoms with Gasteiger partial charge in [-0.25, -0.2) is 19.1 Å². The molecule has 0 fully saturated rings. The van der Waals surface area contributed by atoms with Crippen molar-refractivity contribution < 1.29 is 13.7 Å². The van der Waals surface area contributed by atoms with E-state index in [0.717, 1.165) is 11.3 Å². The zero-order valence-electron chi connectivity index (χ0n) is 11.3. The van der Waals surface area contributed by atoms with E-state index < -0.39 is 21.5 Å². The maximum atomic E-state index is 12.2. The highest BCUT2D eigenvalue weighted by Crippen LogP contribution is 2.30. The quantitative estimate of drug-likeness (QED) is 0.878. The van der Waals surface area contributed by atoms with Gasteiger partial charge in [-0.05, 0) is 20.8 Å². The van der Waals surface area contributed by atoms with Crippen LogP contribution in [0, 0.1) is 0 Å². The molecule has 0 bridgehead atoms. The summed E-state index contributed by atoms with van der Waals surface area (Å²) in [7, 11) is -1.71. The van der Waals surface area contributed by atoms with E-state index in [1.54, 1.807) is 14.0 Å². The first kappa shape index (κ1) is 16.0. The number of rotatable bonds is 4. The number of hydrogen-bond donors (Lipinski definition) is 2. The molecule has 0 saturated carbocycles. The normalized spacial score (nSPS) is 14.8. The van der Waals surface area contributed by atoms with Gasteiger partial charge >= 0.3 is 6.03 Å². The van der Waals surface area contributed by atoms with Crippen molar-refractivity contribution in [3.05, 3.63) is 11.2 Å². The highest BCUT2D eigenvalue weighted by atomic mass is 32.2. The second kappa shape index (κ2) is 5.95. The Balaban J connectivity index is 3.11. The van der Waals surface area contributed by atoms with Crippen molar-refractivity contribution in [2.75, 3.05) is 13.7 Å². The number of ether oxygens (including phenoxy) is 1. The Bertz CT molecular complexity index is 573. The van der Waals surface area contributed by atoms with Crippen molar-refractivity contribution in [3.8, 4) is 0 Å². The minimum atomic E-state index is -3.27. The molecule has 7 nitrogen and oxygen atoms in total. The second-order valence-corrected chi connectivity index (χ2v) is 7.24. The molecule has 1 rings (SSSR count). The van der Waals surface area contributed by atoms with Gasteiger partial charge in [0, 0.05) is 13.7 Å². The Hall–Kier alpha value is -1.03. The number of aromatic nitrogens is 1. The van der Waals surface area contributed by atoms with Gasteiger partial charge in [0.05, 0.1) is 6.20 Å². The number of nitrogens with zero attached hydrogens (tertiary/aromatic N) is 2. The third-order valence-electron chi connectivity index (χ3n) is 2.34. The summed E-state index contributed by atoms with van der Waals surface area (Å²) >= 11 is 1.12. The molecule has 0 aliphatic heterocycles. The molecule has 1 heterocycles. The van der Waals surface area contributed by atoms with Crippen LogP contribution in [0.15, 0.2) is 14.8 Å². The molecule has 108 valence electrons. The lowest BCUT2D eigenvalue weighted by Crippen LogP contribution is -2.23. The van der Waals surface area contributed by atoms with Crippen molar-refractivity contribution in [3.63, 3.8) is 0 Å². The van der Waals surface area contributed by atoms with Gasteiger partial charge < -0.3 is 10.1 Å². The Kier molecular flexibility index (Phi) is 5.02. The predicted octanol–water partition coefficient (Wildman–Crippen LogP) is 1.45. The largest absolute Gasteiger partial charge is 0.372 e. The van der Waals surface area contributed by atoms with Crippen LogP contribution in [-0.4, -0.2) is 28.9 Å². The number of nitrogens with one attached hydrogen (secondary N) is 1. The molecular weight excluding hydrogens is 288 g/mol. The third-order valence-corrected chi connectivity index (χ3v) is 5.53. The number of hydrogen-bond acceptors (Lipinski definition) is 5. The smallest absolute Gasteiger partial charge is 0.350 e. The Morgan fingerprint density at radius 1 is 1.68 bits per heavy atom. The van der Waals surface area contributed by atoms with Crippen molar-refractivity contribution >= 4 is 27.3 Å². The molecule has 0 radical (unpaired) electrons. The Morgan fingerprint density at radius 2 is 2.32 bits per heavy atom. The van der Waals surface area contributed by atoms with E-state index >= 15 is 0 Å². The summed E-state index contributed by atoms with van der Waals surface area (Å²) in [6, 6.07) is -0.698. The molecule has 0 saturated heterocycles. The van der Waals surface area contributed by atoms with E-state index in [1.165, 1.54) is 6.20 Å². The lowest BCUT2D eigenvalue weighted by atomic mass is 10.1. The van der Waals surface area contributed by atoms with Gasteiger partial charge in [-0.1, -0.05) is 0 Å². The molecule has 9 heteroatoms. The summed E-state index contributed by atoms with van der Waals surface area (Å²) in [5.74, 6) is 0. The van der Waals surface area contributed by atoms with Gasteiger partial charge in [-0.15, -0.1) is 15.7 Å². The maximum absolute atomic E-state index is 12.2. The van der Waals surface area contributed by atoms with Gasteiger partial charge in [-0.3, -0.25) is 0 Å².